The van der Waals surface area contributed by atoms with Gasteiger partial charge in [-0.25, -0.2) is 0 Å². The van der Waals surface area contributed by atoms with E-state index >= 15 is 0 Å². The fourth-order valence-electron chi connectivity index (χ4n) is 3.28. The first-order valence-corrected chi connectivity index (χ1v) is 8.22. The van der Waals surface area contributed by atoms with Crippen LogP contribution < -0.4 is 10.6 Å². The Morgan fingerprint density at radius 1 is 1.14 bits per heavy atom. The molecule has 2 fully saturated rings. The van der Waals surface area contributed by atoms with Crippen molar-refractivity contribution in [1.29, 1.82) is 0 Å². The Hall–Kier alpha value is -1.10. The third-order valence-electron chi connectivity index (χ3n) is 5.03. The zero-order valence-electron chi connectivity index (χ0n) is 13.2. The Labute approximate surface area is 127 Å². The van der Waals surface area contributed by atoms with Crippen molar-refractivity contribution < 1.29 is 14.3 Å². The number of nitrogens with one attached hydrogen (secondary N) is 2. The zero-order chi connectivity index (χ0) is 15.2. The van der Waals surface area contributed by atoms with Crippen molar-refractivity contribution in [2.24, 2.45) is 17.8 Å². The summed E-state index contributed by atoms with van der Waals surface area (Å²) in [5.74, 6) is 0.150. The van der Waals surface area contributed by atoms with Gasteiger partial charge in [0.05, 0.1) is 13.0 Å². The van der Waals surface area contributed by atoms with E-state index in [9.17, 15) is 9.59 Å². The number of esters is 1. The molecule has 1 heterocycles. The van der Waals surface area contributed by atoms with E-state index in [1.165, 1.54) is 13.5 Å². The minimum absolute atomic E-state index is 0.00925. The number of rotatable bonds is 4. The van der Waals surface area contributed by atoms with Crippen molar-refractivity contribution in [2.45, 2.75) is 51.5 Å². The van der Waals surface area contributed by atoms with Crippen molar-refractivity contribution >= 4 is 11.9 Å². The van der Waals surface area contributed by atoms with E-state index in [0.717, 1.165) is 45.2 Å². The van der Waals surface area contributed by atoms with Crippen molar-refractivity contribution in [2.75, 3.05) is 20.2 Å². The van der Waals surface area contributed by atoms with E-state index in [2.05, 4.69) is 10.6 Å². The lowest BCUT2D eigenvalue weighted by Crippen LogP contribution is -2.52. The molecule has 2 N–H and O–H groups in total. The quantitative estimate of drug-likeness (QED) is 0.771. The summed E-state index contributed by atoms with van der Waals surface area (Å²) in [6, 6.07) is -0.0688. The number of hydrogen-bond acceptors (Lipinski definition) is 4. The lowest BCUT2D eigenvalue weighted by atomic mass is 9.84. The van der Waals surface area contributed by atoms with E-state index < -0.39 is 0 Å². The molecular weight excluding hydrogens is 268 g/mol. The highest BCUT2D eigenvalue weighted by Gasteiger charge is 2.34. The summed E-state index contributed by atoms with van der Waals surface area (Å²) < 4.78 is 4.94. The van der Waals surface area contributed by atoms with Crippen molar-refractivity contribution in [3.05, 3.63) is 0 Å². The summed E-state index contributed by atoms with van der Waals surface area (Å²) in [6.07, 6.45) is 6.14. The Morgan fingerprint density at radius 2 is 1.81 bits per heavy atom. The fourth-order valence-corrected chi connectivity index (χ4v) is 3.28. The smallest absolute Gasteiger partial charge is 0.310 e. The van der Waals surface area contributed by atoms with Crippen LogP contribution in [0.2, 0.25) is 0 Å². The maximum absolute atomic E-state index is 12.4. The molecule has 3 atom stereocenters. The largest absolute Gasteiger partial charge is 0.469 e. The Morgan fingerprint density at radius 3 is 2.38 bits per heavy atom. The molecular formula is C16H28N2O3. The maximum Gasteiger partial charge on any atom is 0.310 e. The van der Waals surface area contributed by atoms with Gasteiger partial charge in [-0.15, -0.1) is 0 Å². The van der Waals surface area contributed by atoms with Gasteiger partial charge >= 0.3 is 5.97 Å². The minimum Gasteiger partial charge on any atom is -0.469 e. The van der Waals surface area contributed by atoms with Crippen molar-refractivity contribution in [3.63, 3.8) is 0 Å². The molecule has 21 heavy (non-hydrogen) atoms. The van der Waals surface area contributed by atoms with Crippen LogP contribution in [0.15, 0.2) is 0 Å². The zero-order valence-corrected chi connectivity index (χ0v) is 13.2. The third-order valence-corrected chi connectivity index (χ3v) is 5.03. The van der Waals surface area contributed by atoms with Gasteiger partial charge in [-0.3, -0.25) is 9.59 Å². The van der Waals surface area contributed by atoms with Gasteiger partial charge in [0.25, 0.3) is 0 Å². The van der Waals surface area contributed by atoms with Crippen LogP contribution in [0.4, 0.5) is 0 Å². The van der Waals surface area contributed by atoms with Gasteiger partial charge in [-0.05, 0) is 31.8 Å². The normalized spacial score (nSPS) is 28.7. The molecule has 0 aromatic carbocycles. The summed E-state index contributed by atoms with van der Waals surface area (Å²) in [4.78, 5) is 24.4. The number of carbonyl (C=O) groups excluding carboxylic acids is 2. The highest BCUT2D eigenvalue weighted by molar-refractivity contribution is 5.80. The Balaban J connectivity index is 1.97. The molecule has 120 valence electrons. The minimum atomic E-state index is -0.189. The van der Waals surface area contributed by atoms with Crippen LogP contribution in [0, 0.1) is 17.8 Å². The molecule has 0 aromatic heterocycles. The van der Waals surface area contributed by atoms with Gasteiger partial charge in [0, 0.05) is 12.0 Å². The predicted octanol–water partition coefficient (Wildman–Crippen LogP) is 1.47. The molecule has 3 unspecified atom stereocenters. The standard InChI is InChI=1S/C16H28N2O3/c1-11(12-9-17-10-12)15(19)18-14-8-6-4-3-5-7-13(14)16(20)21-2/h11-14,17H,3-10H2,1-2H3,(H,18,19). The van der Waals surface area contributed by atoms with Gasteiger partial charge in [0.1, 0.15) is 0 Å². The SMILES string of the molecule is COC(=O)C1CCCCCCC1NC(=O)C(C)C1CNC1. The molecule has 2 aliphatic rings. The summed E-state index contributed by atoms with van der Waals surface area (Å²) in [7, 11) is 1.43. The number of carbonyl (C=O) groups is 2. The van der Waals surface area contributed by atoms with Crippen LogP contribution in [0.1, 0.15) is 45.4 Å². The average molecular weight is 296 g/mol. The maximum atomic E-state index is 12.4. The fraction of sp³-hybridized carbons (Fsp3) is 0.875. The second-order valence-corrected chi connectivity index (χ2v) is 6.44. The van der Waals surface area contributed by atoms with Crippen molar-refractivity contribution in [1.82, 2.24) is 10.6 Å². The number of hydrogen-bond donors (Lipinski definition) is 2. The van der Waals surface area contributed by atoms with Gasteiger partial charge in [0.15, 0.2) is 0 Å². The highest BCUT2D eigenvalue weighted by Crippen LogP contribution is 2.25. The number of ether oxygens (including phenoxy) is 1. The first-order chi connectivity index (χ1) is 10.1. The molecule has 0 spiro atoms. The summed E-state index contributed by atoms with van der Waals surface area (Å²) in [5, 5.41) is 6.33. The van der Waals surface area contributed by atoms with Crippen LogP contribution in [0.3, 0.4) is 0 Å². The van der Waals surface area contributed by atoms with Gasteiger partial charge in [-0.1, -0.05) is 32.6 Å². The first-order valence-electron chi connectivity index (χ1n) is 8.22. The lowest BCUT2D eigenvalue weighted by Gasteiger charge is -2.34. The molecule has 0 bridgehead atoms. The van der Waals surface area contributed by atoms with E-state index in [1.54, 1.807) is 0 Å². The topological polar surface area (TPSA) is 67.4 Å². The number of methoxy groups -OCH3 is 1. The van der Waals surface area contributed by atoms with Gasteiger partial charge in [0.2, 0.25) is 5.91 Å². The van der Waals surface area contributed by atoms with E-state index in [-0.39, 0.29) is 29.8 Å². The van der Waals surface area contributed by atoms with Crippen LogP contribution in [0.25, 0.3) is 0 Å². The first kappa shape index (κ1) is 16.3. The monoisotopic (exact) mass is 296 g/mol. The van der Waals surface area contributed by atoms with Gasteiger partial charge < -0.3 is 15.4 Å². The average Bonchev–Trinajstić information content (AvgIpc) is 2.39. The molecule has 0 radical (unpaired) electrons. The van der Waals surface area contributed by atoms with Gasteiger partial charge in [-0.2, -0.15) is 0 Å². The molecule has 5 nitrogen and oxygen atoms in total. The molecule has 1 saturated heterocycles. The molecule has 1 aliphatic heterocycles. The molecule has 1 amide bonds. The van der Waals surface area contributed by atoms with E-state index in [1.807, 2.05) is 6.92 Å². The lowest BCUT2D eigenvalue weighted by molar-refractivity contribution is -0.147. The molecule has 5 heteroatoms. The Bertz CT molecular complexity index is 369. The van der Waals surface area contributed by atoms with E-state index in [0.29, 0.717) is 5.92 Å². The van der Waals surface area contributed by atoms with Crippen molar-refractivity contribution in [3.8, 4) is 0 Å². The van der Waals surface area contributed by atoms with E-state index in [4.69, 9.17) is 4.74 Å². The summed E-state index contributed by atoms with van der Waals surface area (Å²) in [5.41, 5.74) is 0. The molecule has 1 aliphatic carbocycles. The molecule has 0 aromatic rings. The summed E-state index contributed by atoms with van der Waals surface area (Å²) in [6.45, 7) is 3.82. The summed E-state index contributed by atoms with van der Waals surface area (Å²) >= 11 is 0. The van der Waals surface area contributed by atoms with Crippen LogP contribution in [0.5, 0.6) is 0 Å². The predicted molar refractivity (Wildman–Crippen MR) is 80.7 cm³/mol. The number of amides is 1. The second kappa shape index (κ2) is 7.78. The highest BCUT2D eigenvalue weighted by atomic mass is 16.5. The van der Waals surface area contributed by atoms with Crippen LogP contribution in [-0.4, -0.2) is 38.1 Å². The molecule has 2 rings (SSSR count). The van der Waals surface area contributed by atoms with Crippen LogP contribution in [-0.2, 0) is 14.3 Å². The third kappa shape index (κ3) is 4.19. The molecule has 1 saturated carbocycles. The van der Waals surface area contributed by atoms with Crippen LogP contribution >= 0.6 is 0 Å². The second-order valence-electron chi connectivity index (χ2n) is 6.44. The Kier molecular flexibility index (Phi) is 6.03.